The highest BCUT2D eigenvalue weighted by Crippen LogP contribution is 2.11. The van der Waals surface area contributed by atoms with Crippen molar-refractivity contribution in [1.29, 1.82) is 0 Å². The molecule has 0 spiro atoms. The number of Topliss-reactive ketones (excluding diaryl/α,β-unsaturated/α-hetero) is 1. The number of oxime groups is 1. The van der Waals surface area contributed by atoms with E-state index in [1.807, 2.05) is 24.3 Å². The molecule has 0 atom stereocenters. The zero-order chi connectivity index (χ0) is 15.2. The first-order valence-electron chi connectivity index (χ1n) is 6.45. The summed E-state index contributed by atoms with van der Waals surface area (Å²) in [7, 11) is 0. The van der Waals surface area contributed by atoms with Crippen molar-refractivity contribution in [1.82, 2.24) is 0 Å². The summed E-state index contributed by atoms with van der Waals surface area (Å²) in [5.41, 5.74) is 0.508. The van der Waals surface area contributed by atoms with E-state index in [0.29, 0.717) is 5.69 Å². The van der Waals surface area contributed by atoms with Crippen LogP contribution in [0.25, 0.3) is 10.8 Å². The largest absolute Gasteiger partial charge is 0.460 e. The van der Waals surface area contributed by atoms with Gasteiger partial charge in [0.2, 0.25) is 12.2 Å². The number of hydrogen-bond donors (Lipinski definition) is 1. The van der Waals surface area contributed by atoms with Crippen LogP contribution in [0.1, 0.15) is 12.6 Å². The number of ether oxygens (including phenoxy) is 1. The average Bonchev–Trinajstić information content (AvgIpc) is 2.48. The Morgan fingerprint density at radius 1 is 1.33 bits per heavy atom. The monoisotopic (exact) mass is 287 g/mol. The molecule has 6 heteroatoms. The number of aromatic nitrogens is 1. The number of rotatable bonds is 5. The van der Waals surface area contributed by atoms with Crippen LogP contribution in [0.3, 0.4) is 0 Å². The van der Waals surface area contributed by atoms with E-state index in [1.165, 1.54) is 6.21 Å². The van der Waals surface area contributed by atoms with Crippen LogP contribution >= 0.6 is 0 Å². The first-order valence-corrected chi connectivity index (χ1v) is 6.45. The van der Waals surface area contributed by atoms with Gasteiger partial charge in [-0.3, -0.25) is 4.79 Å². The number of esters is 1. The third kappa shape index (κ3) is 3.42. The summed E-state index contributed by atoms with van der Waals surface area (Å²) >= 11 is 0. The van der Waals surface area contributed by atoms with Gasteiger partial charge >= 0.3 is 11.8 Å². The zero-order valence-corrected chi connectivity index (χ0v) is 11.5. The molecule has 2 aromatic rings. The van der Waals surface area contributed by atoms with Crippen LogP contribution in [-0.4, -0.2) is 29.8 Å². The molecule has 0 aliphatic heterocycles. The van der Waals surface area contributed by atoms with E-state index >= 15 is 0 Å². The molecule has 0 fully saturated rings. The molecule has 0 amide bonds. The first-order chi connectivity index (χ1) is 10.2. The molecule has 0 saturated carbocycles. The fourth-order valence-corrected chi connectivity index (χ4v) is 1.98. The summed E-state index contributed by atoms with van der Waals surface area (Å²) in [5, 5.41) is 13.6. The predicted molar refractivity (Wildman–Crippen MR) is 75.2 cm³/mol. The van der Waals surface area contributed by atoms with Gasteiger partial charge in [0, 0.05) is 11.5 Å². The van der Waals surface area contributed by atoms with E-state index in [0.717, 1.165) is 10.8 Å². The van der Waals surface area contributed by atoms with Gasteiger partial charge in [0.05, 0.1) is 6.61 Å². The SMILES string of the molecule is CCOC(=O)C(=O)C[n+]1cc2ccccc2cc1/C=N/O. The highest BCUT2D eigenvalue weighted by atomic mass is 16.5. The molecule has 1 heterocycles. The lowest BCUT2D eigenvalue weighted by atomic mass is 10.1. The molecule has 108 valence electrons. The maximum atomic E-state index is 11.8. The summed E-state index contributed by atoms with van der Waals surface area (Å²) in [6.45, 7) is 1.61. The average molecular weight is 287 g/mol. The van der Waals surface area contributed by atoms with Gasteiger partial charge in [-0.05, 0) is 18.4 Å². The normalized spacial score (nSPS) is 10.9. The van der Waals surface area contributed by atoms with Crippen molar-refractivity contribution in [3.63, 3.8) is 0 Å². The van der Waals surface area contributed by atoms with Crippen molar-refractivity contribution in [2.75, 3.05) is 6.61 Å². The van der Waals surface area contributed by atoms with Crippen LogP contribution in [0, 0.1) is 0 Å². The Labute approximate surface area is 121 Å². The summed E-state index contributed by atoms with van der Waals surface area (Å²) in [4.78, 5) is 23.2. The molecule has 2 rings (SSSR count). The molecule has 0 bridgehead atoms. The fraction of sp³-hybridized carbons (Fsp3) is 0.200. The summed E-state index contributed by atoms with van der Waals surface area (Å²) in [5.74, 6) is -1.53. The van der Waals surface area contributed by atoms with Crippen LogP contribution in [0.5, 0.6) is 0 Å². The first kappa shape index (κ1) is 14.6. The number of hydrogen-bond acceptors (Lipinski definition) is 5. The third-order valence-corrected chi connectivity index (χ3v) is 2.93. The maximum Gasteiger partial charge on any atom is 0.381 e. The molecular weight excluding hydrogens is 272 g/mol. The second kappa shape index (κ2) is 6.60. The number of benzene rings is 1. The molecule has 0 aliphatic carbocycles. The van der Waals surface area contributed by atoms with Crippen LogP contribution in [0.15, 0.2) is 41.7 Å². The number of ketones is 1. The standard InChI is InChI=1S/C15H14N2O4/c1-2-21-15(19)14(18)10-17-9-12-6-4-3-5-11(12)7-13(17)8-16-20/h3-9H,2,10H2,1H3/p+1. The molecule has 1 aromatic carbocycles. The quantitative estimate of drug-likeness (QED) is 0.223. The lowest BCUT2D eigenvalue weighted by Crippen LogP contribution is -2.44. The van der Waals surface area contributed by atoms with Crippen LogP contribution in [0.2, 0.25) is 0 Å². The molecule has 1 aromatic heterocycles. The highest BCUT2D eigenvalue weighted by Gasteiger charge is 2.22. The van der Waals surface area contributed by atoms with E-state index < -0.39 is 11.8 Å². The summed E-state index contributed by atoms with van der Waals surface area (Å²) in [6.07, 6.45) is 2.94. The van der Waals surface area contributed by atoms with E-state index in [1.54, 1.807) is 23.8 Å². The van der Waals surface area contributed by atoms with Crippen molar-refractivity contribution >= 4 is 28.7 Å². The van der Waals surface area contributed by atoms with E-state index in [2.05, 4.69) is 9.89 Å². The van der Waals surface area contributed by atoms with Crippen LogP contribution in [-0.2, 0) is 20.9 Å². The number of pyridine rings is 1. The maximum absolute atomic E-state index is 11.8. The lowest BCUT2D eigenvalue weighted by Gasteiger charge is -2.03. The second-order valence-electron chi connectivity index (χ2n) is 4.34. The van der Waals surface area contributed by atoms with Crippen molar-refractivity contribution < 1.29 is 24.1 Å². The molecule has 0 saturated heterocycles. The molecule has 0 aliphatic rings. The minimum Gasteiger partial charge on any atom is -0.460 e. The van der Waals surface area contributed by atoms with Gasteiger partial charge in [-0.15, -0.1) is 0 Å². The number of nitrogens with zero attached hydrogens (tertiary/aromatic N) is 2. The minimum atomic E-state index is -0.870. The van der Waals surface area contributed by atoms with Crippen molar-refractivity contribution in [3.05, 3.63) is 42.2 Å². The highest BCUT2D eigenvalue weighted by molar-refractivity contribution is 6.33. The number of carbonyl (C=O) groups excluding carboxylic acids is 2. The Morgan fingerprint density at radius 3 is 2.71 bits per heavy atom. The Bertz CT molecular complexity index is 710. The Morgan fingerprint density at radius 2 is 2.05 bits per heavy atom. The Hall–Kier alpha value is -2.76. The Balaban J connectivity index is 2.39. The van der Waals surface area contributed by atoms with Gasteiger partial charge in [0.15, 0.2) is 6.20 Å². The van der Waals surface area contributed by atoms with E-state index in [-0.39, 0.29) is 13.2 Å². The van der Waals surface area contributed by atoms with Gasteiger partial charge in [-0.25, -0.2) is 4.79 Å². The molecule has 1 N–H and O–H groups in total. The molecular formula is C15H15N2O4+. The minimum absolute atomic E-state index is 0.151. The lowest BCUT2D eigenvalue weighted by molar-refractivity contribution is -0.683. The Kier molecular flexibility index (Phi) is 4.61. The van der Waals surface area contributed by atoms with Crippen molar-refractivity contribution in [2.45, 2.75) is 13.5 Å². The number of fused-ring (bicyclic) bond motifs is 1. The summed E-state index contributed by atoms with van der Waals surface area (Å²) in [6, 6.07) is 9.32. The second-order valence-corrected chi connectivity index (χ2v) is 4.34. The zero-order valence-electron chi connectivity index (χ0n) is 11.5. The topological polar surface area (TPSA) is 79.8 Å². The van der Waals surface area contributed by atoms with Gasteiger partial charge in [-0.2, -0.15) is 4.57 Å². The van der Waals surface area contributed by atoms with Crippen molar-refractivity contribution in [3.8, 4) is 0 Å². The third-order valence-electron chi connectivity index (χ3n) is 2.93. The van der Waals surface area contributed by atoms with Gasteiger partial charge in [0.25, 0.3) is 0 Å². The van der Waals surface area contributed by atoms with Crippen LogP contribution < -0.4 is 4.57 Å². The molecule has 21 heavy (non-hydrogen) atoms. The molecule has 6 nitrogen and oxygen atoms in total. The smallest absolute Gasteiger partial charge is 0.381 e. The van der Waals surface area contributed by atoms with Gasteiger partial charge < -0.3 is 9.94 Å². The molecule has 0 unspecified atom stereocenters. The predicted octanol–water partition coefficient (Wildman–Crippen LogP) is 1.07. The van der Waals surface area contributed by atoms with E-state index in [4.69, 9.17) is 5.21 Å². The van der Waals surface area contributed by atoms with E-state index in [9.17, 15) is 9.59 Å². The fourth-order valence-electron chi connectivity index (χ4n) is 1.98. The number of carbonyl (C=O) groups is 2. The molecule has 0 radical (unpaired) electrons. The summed E-state index contributed by atoms with van der Waals surface area (Å²) < 4.78 is 6.22. The van der Waals surface area contributed by atoms with Crippen molar-refractivity contribution in [2.24, 2.45) is 5.16 Å². The van der Waals surface area contributed by atoms with Crippen LogP contribution in [0.4, 0.5) is 0 Å². The van der Waals surface area contributed by atoms with Gasteiger partial charge in [-0.1, -0.05) is 23.4 Å². The van der Waals surface area contributed by atoms with Gasteiger partial charge in [0.1, 0.15) is 6.21 Å².